The highest BCUT2D eigenvalue weighted by Gasteiger charge is 2.25. The van der Waals surface area contributed by atoms with E-state index in [9.17, 15) is 0 Å². The Bertz CT molecular complexity index is 813. The number of halogens is 1. The van der Waals surface area contributed by atoms with Crippen LogP contribution in [-0.4, -0.2) is 32.5 Å². The fourth-order valence-corrected chi connectivity index (χ4v) is 3.66. The van der Waals surface area contributed by atoms with Gasteiger partial charge in [0, 0.05) is 36.5 Å². The van der Waals surface area contributed by atoms with Crippen molar-refractivity contribution in [2.45, 2.75) is 25.4 Å². The zero-order valence-corrected chi connectivity index (χ0v) is 14.8. The summed E-state index contributed by atoms with van der Waals surface area (Å²) in [6, 6.07) is 14.7. The van der Waals surface area contributed by atoms with Crippen molar-refractivity contribution < 1.29 is 0 Å². The minimum absolute atomic E-state index is 0.496. The molecule has 1 aromatic carbocycles. The van der Waals surface area contributed by atoms with E-state index in [-0.39, 0.29) is 0 Å². The Labute approximate surface area is 153 Å². The number of rotatable bonds is 5. The first-order chi connectivity index (χ1) is 12.3. The first kappa shape index (κ1) is 16.3. The summed E-state index contributed by atoms with van der Waals surface area (Å²) in [5.74, 6) is 0. The molecule has 2 aromatic heterocycles. The smallest absolute Gasteiger partial charge is 0.107 e. The van der Waals surface area contributed by atoms with Crippen molar-refractivity contribution in [1.82, 2.24) is 19.4 Å². The van der Waals surface area contributed by atoms with E-state index in [2.05, 4.69) is 37.8 Å². The molecule has 1 atom stereocenters. The monoisotopic (exact) mass is 352 g/mol. The zero-order valence-electron chi connectivity index (χ0n) is 14.1. The fourth-order valence-electron chi connectivity index (χ4n) is 3.53. The second-order valence-electron chi connectivity index (χ2n) is 6.46. The Morgan fingerprint density at radius 2 is 1.88 bits per heavy atom. The molecule has 4 rings (SSSR count). The number of nitrogens with zero attached hydrogens (tertiary/aromatic N) is 4. The number of imidazole rings is 1. The normalized spacial score (nSPS) is 17.9. The molecule has 5 heteroatoms. The Morgan fingerprint density at radius 1 is 1.00 bits per heavy atom. The maximum Gasteiger partial charge on any atom is 0.107 e. The van der Waals surface area contributed by atoms with Gasteiger partial charge in [0.05, 0.1) is 12.0 Å². The third kappa shape index (κ3) is 3.75. The van der Waals surface area contributed by atoms with E-state index in [1.165, 1.54) is 18.4 Å². The van der Waals surface area contributed by atoms with Crippen molar-refractivity contribution in [3.05, 3.63) is 71.8 Å². The average molecular weight is 353 g/mol. The number of likely N-dealkylation sites (tertiary alicyclic amines) is 1. The van der Waals surface area contributed by atoms with Crippen LogP contribution in [-0.2, 0) is 6.54 Å². The highest BCUT2D eigenvalue weighted by atomic mass is 35.5. The molecule has 0 unspecified atom stereocenters. The van der Waals surface area contributed by atoms with E-state index < -0.39 is 0 Å². The van der Waals surface area contributed by atoms with Crippen LogP contribution < -0.4 is 0 Å². The number of benzene rings is 1. The molecule has 0 amide bonds. The summed E-state index contributed by atoms with van der Waals surface area (Å²) in [4.78, 5) is 11.4. The lowest BCUT2D eigenvalue weighted by Gasteiger charge is -2.25. The van der Waals surface area contributed by atoms with E-state index in [0.717, 1.165) is 36.0 Å². The summed E-state index contributed by atoms with van der Waals surface area (Å²) < 4.78 is 2.15. The van der Waals surface area contributed by atoms with E-state index in [0.29, 0.717) is 6.04 Å². The van der Waals surface area contributed by atoms with Crippen molar-refractivity contribution >= 4 is 11.6 Å². The molecule has 4 nitrogen and oxygen atoms in total. The van der Waals surface area contributed by atoms with Crippen LogP contribution in [0.2, 0.25) is 5.02 Å². The van der Waals surface area contributed by atoms with Gasteiger partial charge >= 0.3 is 0 Å². The van der Waals surface area contributed by atoms with Crippen molar-refractivity contribution in [2.24, 2.45) is 0 Å². The molecule has 25 heavy (non-hydrogen) atoms. The van der Waals surface area contributed by atoms with Crippen LogP contribution in [0.5, 0.6) is 0 Å². The third-order valence-corrected chi connectivity index (χ3v) is 5.08. The lowest BCUT2D eigenvalue weighted by molar-refractivity contribution is 0.247. The van der Waals surface area contributed by atoms with E-state index in [1.807, 2.05) is 36.7 Å². The summed E-state index contributed by atoms with van der Waals surface area (Å²) in [5, 5.41) is 0.800. The van der Waals surface area contributed by atoms with Crippen LogP contribution in [0.15, 0.2) is 61.2 Å². The molecule has 0 N–H and O–H groups in total. The van der Waals surface area contributed by atoms with Gasteiger partial charge in [-0.3, -0.25) is 9.88 Å². The van der Waals surface area contributed by atoms with Crippen LogP contribution in [0.3, 0.4) is 0 Å². The molecule has 1 fully saturated rings. The Morgan fingerprint density at radius 3 is 2.68 bits per heavy atom. The van der Waals surface area contributed by atoms with Gasteiger partial charge in [0.2, 0.25) is 0 Å². The van der Waals surface area contributed by atoms with Gasteiger partial charge in [-0.2, -0.15) is 0 Å². The van der Waals surface area contributed by atoms with Crippen LogP contribution in [0.25, 0.3) is 11.4 Å². The van der Waals surface area contributed by atoms with Gasteiger partial charge in [-0.25, -0.2) is 4.98 Å². The van der Waals surface area contributed by atoms with Gasteiger partial charge in [-0.05, 0) is 49.2 Å². The van der Waals surface area contributed by atoms with E-state index in [4.69, 9.17) is 11.6 Å². The van der Waals surface area contributed by atoms with E-state index >= 15 is 0 Å². The Hall–Kier alpha value is -2.17. The molecule has 1 aliphatic rings. The molecular weight excluding hydrogens is 332 g/mol. The summed E-state index contributed by atoms with van der Waals surface area (Å²) >= 11 is 6.02. The zero-order chi connectivity index (χ0) is 17.1. The van der Waals surface area contributed by atoms with Crippen molar-refractivity contribution in [3.63, 3.8) is 0 Å². The average Bonchev–Trinajstić information content (AvgIpc) is 3.31. The van der Waals surface area contributed by atoms with Crippen LogP contribution >= 0.6 is 11.6 Å². The molecule has 128 valence electrons. The standard InChI is InChI=1S/C20H21ClN4/c21-17-8-6-16(7-9-17)20-5-3-11-25(20)13-12-24-14-19(23-15-24)18-4-1-2-10-22-18/h1-2,4,6-10,14-15,20H,3,5,11-13H2/t20-/m0/s1. The van der Waals surface area contributed by atoms with Crippen LogP contribution in [0, 0.1) is 0 Å². The van der Waals surface area contributed by atoms with Gasteiger partial charge < -0.3 is 4.57 Å². The molecule has 1 aliphatic heterocycles. The van der Waals surface area contributed by atoms with Gasteiger partial charge in [0.25, 0.3) is 0 Å². The molecule has 0 saturated carbocycles. The van der Waals surface area contributed by atoms with Crippen molar-refractivity contribution in [3.8, 4) is 11.4 Å². The second-order valence-corrected chi connectivity index (χ2v) is 6.89. The van der Waals surface area contributed by atoms with Gasteiger partial charge in [0.15, 0.2) is 0 Å². The maximum atomic E-state index is 6.02. The molecule has 0 radical (unpaired) electrons. The predicted molar refractivity (Wildman–Crippen MR) is 100 cm³/mol. The van der Waals surface area contributed by atoms with Crippen molar-refractivity contribution in [2.75, 3.05) is 13.1 Å². The first-order valence-corrected chi connectivity index (χ1v) is 9.10. The topological polar surface area (TPSA) is 34.0 Å². The predicted octanol–water partition coefficient (Wildman–Crippen LogP) is 4.44. The maximum absolute atomic E-state index is 6.02. The molecule has 1 saturated heterocycles. The van der Waals surface area contributed by atoms with Gasteiger partial charge in [-0.1, -0.05) is 29.8 Å². The lowest BCUT2D eigenvalue weighted by Crippen LogP contribution is -2.27. The van der Waals surface area contributed by atoms with Crippen LogP contribution in [0.1, 0.15) is 24.4 Å². The summed E-state index contributed by atoms with van der Waals surface area (Å²) in [7, 11) is 0. The van der Waals surface area contributed by atoms with E-state index in [1.54, 1.807) is 6.20 Å². The summed E-state index contributed by atoms with van der Waals surface area (Å²) in [6.07, 6.45) is 8.24. The fraction of sp³-hybridized carbons (Fsp3) is 0.300. The minimum atomic E-state index is 0.496. The number of pyridine rings is 1. The quantitative estimate of drug-likeness (QED) is 0.681. The molecule has 3 aromatic rings. The highest BCUT2D eigenvalue weighted by molar-refractivity contribution is 6.30. The lowest BCUT2D eigenvalue weighted by atomic mass is 10.0. The number of hydrogen-bond acceptors (Lipinski definition) is 3. The van der Waals surface area contributed by atoms with Gasteiger partial charge in [-0.15, -0.1) is 0 Å². The van der Waals surface area contributed by atoms with Gasteiger partial charge in [0.1, 0.15) is 5.69 Å². The number of hydrogen-bond donors (Lipinski definition) is 0. The number of aromatic nitrogens is 3. The molecule has 0 bridgehead atoms. The molecule has 3 heterocycles. The van der Waals surface area contributed by atoms with Crippen molar-refractivity contribution in [1.29, 1.82) is 0 Å². The Kier molecular flexibility index (Phi) is 4.81. The second kappa shape index (κ2) is 7.38. The van der Waals surface area contributed by atoms with Crippen LogP contribution in [0.4, 0.5) is 0 Å². The highest BCUT2D eigenvalue weighted by Crippen LogP contribution is 2.32. The summed E-state index contributed by atoms with van der Waals surface area (Å²) in [6.45, 7) is 3.10. The largest absolute Gasteiger partial charge is 0.335 e. The minimum Gasteiger partial charge on any atom is -0.335 e. The first-order valence-electron chi connectivity index (χ1n) is 8.72. The third-order valence-electron chi connectivity index (χ3n) is 4.82. The molecular formula is C20H21ClN4. The Balaban J connectivity index is 1.41. The SMILES string of the molecule is Clc1ccc([C@@H]2CCCN2CCn2cnc(-c3ccccn3)c2)cc1. The summed E-state index contributed by atoms with van der Waals surface area (Å²) in [5.41, 5.74) is 3.21. The molecule has 0 aliphatic carbocycles. The molecule has 0 spiro atoms.